The minimum Gasteiger partial charge on any atom is -0.0912 e. The molecule has 3 rings (SSSR count). The lowest BCUT2D eigenvalue weighted by molar-refractivity contribution is 1.63. The van der Waals surface area contributed by atoms with E-state index in [1.807, 2.05) is 18.2 Å². The molecule has 0 radical (unpaired) electrons. The van der Waals surface area contributed by atoms with Crippen LogP contribution in [-0.2, 0) is 0 Å². The van der Waals surface area contributed by atoms with Crippen LogP contribution in [0.4, 0.5) is 0 Å². The van der Waals surface area contributed by atoms with Gasteiger partial charge < -0.3 is 0 Å². The van der Waals surface area contributed by atoms with Crippen molar-refractivity contribution in [3.05, 3.63) is 115 Å². The van der Waals surface area contributed by atoms with Gasteiger partial charge in [-0.05, 0) is 29.7 Å². The number of benzene rings is 3. The van der Waals surface area contributed by atoms with Crippen LogP contribution in [0.15, 0.2) is 109 Å². The van der Waals surface area contributed by atoms with Crippen molar-refractivity contribution in [3.63, 3.8) is 0 Å². The first kappa shape index (κ1) is 15.5. The summed E-state index contributed by atoms with van der Waals surface area (Å²) in [5.41, 5.74) is 2.21. The lowest BCUT2D eigenvalue weighted by atomic mass is 10.1. The normalized spacial score (nSPS) is 11.0. The summed E-state index contributed by atoms with van der Waals surface area (Å²) in [6, 6.07) is 31.7. The second-order valence-electron chi connectivity index (χ2n) is 5.25. The molecule has 0 saturated carbocycles. The topological polar surface area (TPSA) is 0 Å². The number of hydrogen-bond donors (Lipinski definition) is 0. The van der Waals surface area contributed by atoms with Gasteiger partial charge in [-0.15, -0.1) is 0 Å². The molecule has 0 bridgehead atoms. The van der Waals surface area contributed by atoms with E-state index in [1.165, 1.54) is 16.2 Å². The van der Waals surface area contributed by atoms with Crippen LogP contribution < -0.4 is 10.6 Å². The van der Waals surface area contributed by atoms with Crippen molar-refractivity contribution >= 4 is 24.1 Å². The Kier molecular flexibility index (Phi) is 5.19. The summed E-state index contributed by atoms with van der Waals surface area (Å²) in [5, 5.41) is 2.71. The van der Waals surface area contributed by atoms with Crippen LogP contribution in [0.2, 0.25) is 0 Å². The first-order valence-corrected chi connectivity index (χ1v) is 9.07. The van der Waals surface area contributed by atoms with Crippen molar-refractivity contribution < 1.29 is 0 Å². The van der Waals surface area contributed by atoms with Gasteiger partial charge in [0.25, 0.3) is 0 Å². The van der Waals surface area contributed by atoms with Crippen molar-refractivity contribution in [2.24, 2.45) is 0 Å². The Labute approximate surface area is 139 Å². The van der Waals surface area contributed by atoms with Gasteiger partial charge in [0.2, 0.25) is 0 Å². The average Bonchev–Trinajstić information content (AvgIpc) is 2.64. The van der Waals surface area contributed by atoms with Crippen molar-refractivity contribution in [1.82, 2.24) is 0 Å². The molecule has 0 amide bonds. The van der Waals surface area contributed by atoms with Crippen LogP contribution in [0.25, 0.3) is 5.57 Å². The Bertz CT molecular complexity index is 734. The standard InChI is InChI=1S/C22H19P/c1-19(20-11-5-2-6-12-20)17-18-23(21-13-7-3-8-14-21)22-15-9-4-10-16-22/h2-18H,1H2/b18-17-. The molecule has 3 aromatic carbocycles. The fraction of sp³-hybridized carbons (Fsp3) is 0. The lowest BCUT2D eigenvalue weighted by Crippen LogP contribution is -2.09. The third-order valence-corrected chi connectivity index (χ3v) is 5.79. The molecule has 0 aromatic heterocycles. The second kappa shape index (κ2) is 7.72. The molecule has 0 fully saturated rings. The highest BCUT2D eigenvalue weighted by molar-refractivity contribution is 7.75. The fourth-order valence-electron chi connectivity index (χ4n) is 2.41. The highest BCUT2D eigenvalue weighted by atomic mass is 31.1. The van der Waals surface area contributed by atoms with E-state index in [-0.39, 0.29) is 0 Å². The monoisotopic (exact) mass is 314 g/mol. The summed E-state index contributed by atoms with van der Waals surface area (Å²) in [7, 11) is -0.515. The molecule has 0 saturated heterocycles. The molecule has 3 aromatic rings. The molecular formula is C22H19P. The number of rotatable bonds is 5. The molecule has 0 aliphatic heterocycles. The van der Waals surface area contributed by atoms with Crippen LogP contribution in [0.3, 0.4) is 0 Å². The van der Waals surface area contributed by atoms with Crippen molar-refractivity contribution in [2.45, 2.75) is 0 Å². The molecule has 23 heavy (non-hydrogen) atoms. The van der Waals surface area contributed by atoms with Crippen LogP contribution in [0, 0.1) is 0 Å². The van der Waals surface area contributed by atoms with E-state index in [4.69, 9.17) is 0 Å². The Morgan fingerprint density at radius 3 is 1.57 bits per heavy atom. The largest absolute Gasteiger partial charge is 0.0912 e. The predicted molar refractivity (Wildman–Crippen MR) is 104 cm³/mol. The van der Waals surface area contributed by atoms with Crippen LogP contribution >= 0.6 is 7.92 Å². The van der Waals surface area contributed by atoms with Crippen molar-refractivity contribution in [1.29, 1.82) is 0 Å². The smallest absolute Gasteiger partial charge is 0.0157 e. The zero-order chi connectivity index (χ0) is 15.9. The molecule has 0 aliphatic rings. The van der Waals surface area contributed by atoms with Gasteiger partial charge in [-0.2, -0.15) is 0 Å². The Morgan fingerprint density at radius 2 is 1.09 bits per heavy atom. The van der Waals surface area contributed by atoms with Crippen molar-refractivity contribution in [2.75, 3.05) is 0 Å². The van der Waals surface area contributed by atoms with Crippen molar-refractivity contribution in [3.8, 4) is 0 Å². The maximum Gasteiger partial charge on any atom is -0.0157 e. The highest BCUT2D eigenvalue weighted by Crippen LogP contribution is 2.36. The van der Waals surface area contributed by atoms with E-state index in [1.54, 1.807) is 0 Å². The van der Waals surface area contributed by atoms with Gasteiger partial charge in [-0.1, -0.05) is 109 Å². The van der Waals surface area contributed by atoms with Gasteiger partial charge in [-0.3, -0.25) is 0 Å². The van der Waals surface area contributed by atoms with Crippen LogP contribution in [0.1, 0.15) is 5.56 Å². The van der Waals surface area contributed by atoms with E-state index in [0.29, 0.717) is 0 Å². The molecule has 0 N–H and O–H groups in total. The predicted octanol–water partition coefficient (Wildman–Crippen LogP) is 5.35. The molecule has 0 heterocycles. The second-order valence-corrected chi connectivity index (χ2v) is 7.32. The van der Waals surface area contributed by atoms with Gasteiger partial charge in [0.15, 0.2) is 0 Å². The number of hydrogen-bond acceptors (Lipinski definition) is 0. The molecule has 0 aliphatic carbocycles. The summed E-state index contributed by atoms with van der Waals surface area (Å²) in [6.45, 7) is 4.21. The average molecular weight is 314 g/mol. The van der Waals surface area contributed by atoms with E-state index >= 15 is 0 Å². The highest BCUT2D eigenvalue weighted by Gasteiger charge is 2.09. The Hall–Kier alpha value is -2.43. The van der Waals surface area contributed by atoms with E-state index < -0.39 is 7.92 Å². The van der Waals surface area contributed by atoms with Crippen LogP contribution in [0.5, 0.6) is 0 Å². The summed E-state index contributed by atoms with van der Waals surface area (Å²) < 4.78 is 0. The third-order valence-electron chi connectivity index (χ3n) is 3.64. The van der Waals surface area contributed by atoms with Gasteiger partial charge in [0.05, 0.1) is 0 Å². The molecule has 0 nitrogen and oxygen atoms in total. The molecule has 0 spiro atoms. The number of allylic oxidation sites excluding steroid dienone is 2. The molecule has 112 valence electrons. The van der Waals surface area contributed by atoms with Gasteiger partial charge >= 0.3 is 0 Å². The maximum atomic E-state index is 4.21. The molecule has 1 heteroatoms. The van der Waals surface area contributed by atoms with E-state index in [2.05, 4.69) is 91.3 Å². The van der Waals surface area contributed by atoms with Gasteiger partial charge in [-0.25, -0.2) is 0 Å². The van der Waals surface area contributed by atoms with Gasteiger partial charge in [0.1, 0.15) is 0 Å². The summed E-state index contributed by atoms with van der Waals surface area (Å²) in [4.78, 5) is 0. The fourth-order valence-corrected chi connectivity index (χ4v) is 4.37. The van der Waals surface area contributed by atoms with Gasteiger partial charge in [0, 0.05) is 0 Å². The lowest BCUT2D eigenvalue weighted by Gasteiger charge is -2.14. The third kappa shape index (κ3) is 4.06. The summed E-state index contributed by atoms with van der Waals surface area (Å²) >= 11 is 0. The zero-order valence-corrected chi connectivity index (χ0v) is 13.9. The van der Waals surface area contributed by atoms with E-state index in [0.717, 1.165) is 5.57 Å². The maximum absolute atomic E-state index is 4.21. The van der Waals surface area contributed by atoms with Crippen LogP contribution in [-0.4, -0.2) is 0 Å². The quantitative estimate of drug-likeness (QED) is 0.440. The molecule has 0 atom stereocenters. The summed E-state index contributed by atoms with van der Waals surface area (Å²) in [6.07, 6.45) is 2.15. The first-order chi connectivity index (χ1) is 11.3. The zero-order valence-electron chi connectivity index (χ0n) is 13.0. The molecular weight excluding hydrogens is 295 g/mol. The minimum atomic E-state index is -0.515. The summed E-state index contributed by atoms with van der Waals surface area (Å²) in [5.74, 6) is 2.30. The first-order valence-electron chi connectivity index (χ1n) is 7.66. The Balaban J connectivity index is 1.91. The SMILES string of the molecule is C=C(/C=C\P(c1ccccc1)c1ccccc1)c1ccccc1. The minimum absolute atomic E-state index is 0.515. The molecule has 0 unspecified atom stereocenters. The van der Waals surface area contributed by atoms with E-state index in [9.17, 15) is 0 Å². The Morgan fingerprint density at radius 1 is 0.652 bits per heavy atom.